The van der Waals surface area contributed by atoms with E-state index in [9.17, 15) is 5.26 Å². The number of hydrogen-bond acceptors (Lipinski definition) is 6. The van der Waals surface area contributed by atoms with Crippen molar-refractivity contribution in [3.05, 3.63) is 47.5 Å². The van der Waals surface area contributed by atoms with Crippen molar-refractivity contribution in [1.29, 1.82) is 5.26 Å². The average molecular weight is 481 g/mol. The molecule has 35 heavy (non-hydrogen) atoms. The highest BCUT2D eigenvalue weighted by Crippen LogP contribution is 2.47. The van der Waals surface area contributed by atoms with Crippen LogP contribution < -0.4 is 24.3 Å². The minimum absolute atomic E-state index is 0.168. The molecular formula is C29H40N2O4. The Morgan fingerprint density at radius 2 is 1.54 bits per heavy atom. The number of nitrogens with one attached hydrogen (secondary N) is 1. The molecule has 3 rings (SSSR count). The normalized spacial score (nSPS) is 19.5. The van der Waals surface area contributed by atoms with Gasteiger partial charge in [-0.05, 0) is 79.5 Å². The van der Waals surface area contributed by atoms with E-state index in [0.29, 0.717) is 17.5 Å². The summed E-state index contributed by atoms with van der Waals surface area (Å²) in [7, 11) is 6.59. The van der Waals surface area contributed by atoms with E-state index in [-0.39, 0.29) is 11.8 Å². The van der Waals surface area contributed by atoms with E-state index < -0.39 is 5.41 Å². The van der Waals surface area contributed by atoms with Crippen molar-refractivity contribution in [2.45, 2.75) is 57.4 Å². The Labute approximate surface area is 210 Å². The lowest BCUT2D eigenvalue weighted by Crippen LogP contribution is -2.45. The molecule has 3 atom stereocenters. The van der Waals surface area contributed by atoms with Crippen molar-refractivity contribution in [3.8, 4) is 29.1 Å². The molecule has 190 valence electrons. The second-order valence-electron chi connectivity index (χ2n) is 9.66. The summed E-state index contributed by atoms with van der Waals surface area (Å²) in [6, 6.07) is 15.2. The second kappa shape index (κ2) is 12.2. The molecule has 0 saturated heterocycles. The third-order valence-electron chi connectivity index (χ3n) is 7.57. The van der Waals surface area contributed by atoms with Crippen molar-refractivity contribution in [2.75, 3.05) is 35.0 Å². The van der Waals surface area contributed by atoms with Gasteiger partial charge in [-0.25, -0.2) is 0 Å². The van der Waals surface area contributed by atoms with Crippen LogP contribution >= 0.6 is 0 Å². The first-order valence-corrected chi connectivity index (χ1v) is 12.5. The highest BCUT2D eigenvalue weighted by atomic mass is 16.5. The van der Waals surface area contributed by atoms with Crippen LogP contribution in [0.2, 0.25) is 0 Å². The minimum Gasteiger partial charge on any atom is -0.493 e. The van der Waals surface area contributed by atoms with Gasteiger partial charge in [-0.15, -0.1) is 0 Å². The number of ether oxygens (including phenoxy) is 4. The highest BCUT2D eigenvalue weighted by Gasteiger charge is 2.45. The van der Waals surface area contributed by atoms with E-state index in [0.717, 1.165) is 55.7 Å². The Bertz CT molecular complexity index is 1020. The van der Waals surface area contributed by atoms with Crippen LogP contribution in [0.4, 0.5) is 0 Å². The van der Waals surface area contributed by atoms with Gasteiger partial charge in [0.05, 0.1) is 39.9 Å². The van der Waals surface area contributed by atoms with Gasteiger partial charge in [-0.1, -0.05) is 32.4 Å². The van der Waals surface area contributed by atoms with Crippen molar-refractivity contribution in [2.24, 2.45) is 11.8 Å². The maximum absolute atomic E-state index is 10.6. The molecule has 6 heteroatoms. The molecule has 0 unspecified atom stereocenters. The monoisotopic (exact) mass is 480 g/mol. The van der Waals surface area contributed by atoms with Gasteiger partial charge in [0.1, 0.15) is 0 Å². The van der Waals surface area contributed by atoms with Crippen LogP contribution in [-0.4, -0.2) is 41.0 Å². The molecule has 0 aliphatic heterocycles. The van der Waals surface area contributed by atoms with Gasteiger partial charge in [0.2, 0.25) is 0 Å². The van der Waals surface area contributed by atoms with Crippen LogP contribution in [0.25, 0.3) is 0 Å². The number of hydrogen-bond donors (Lipinski definition) is 1. The van der Waals surface area contributed by atoms with Crippen molar-refractivity contribution >= 4 is 0 Å². The third-order valence-corrected chi connectivity index (χ3v) is 7.57. The van der Waals surface area contributed by atoms with Crippen LogP contribution in [0.15, 0.2) is 36.4 Å². The largest absolute Gasteiger partial charge is 0.493 e. The van der Waals surface area contributed by atoms with Crippen LogP contribution in [-0.2, 0) is 11.8 Å². The highest BCUT2D eigenvalue weighted by molar-refractivity contribution is 5.48. The molecule has 1 saturated carbocycles. The van der Waals surface area contributed by atoms with E-state index in [1.807, 2.05) is 30.3 Å². The summed E-state index contributed by atoms with van der Waals surface area (Å²) >= 11 is 0. The van der Waals surface area contributed by atoms with E-state index in [1.165, 1.54) is 5.56 Å². The molecular weight excluding hydrogens is 440 g/mol. The first-order chi connectivity index (χ1) is 16.9. The fraction of sp³-hybridized carbons (Fsp3) is 0.552. The van der Waals surface area contributed by atoms with Crippen molar-refractivity contribution in [1.82, 2.24) is 5.32 Å². The van der Waals surface area contributed by atoms with E-state index in [1.54, 1.807) is 28.4 Å². The molecule has 1 fully saturated rings. The van der Waals surface area contributed by atoms with Gasteiger partial charge in [-0.2, -0.15) is 5.26 Å². The molecule has 0 aromatic heterocycles. The van der Waals surface area contributed by atoms with Crippen LogP contribution in [0.1, 0.15) is 50.7 Å². The Hall–Kier alpha value is -2.91. The number of nitriles is 1. The topological polar surface area (TPSA) is 72.7 Å². The lowest BCUT2D eigenvalue weighted by Gasteiger charge is -2.43. The smallest absolute Gasteiger partial charge is 0.161 e. The summed E-state index contributed by atoms with van der Waals surface area (Å²) in [6.45, 7) is 5.20. The lowest BCUT2D eigenvalue weighted by atomic mass is 9.60. The fourth-order valence-electron chi connectivity index (χ4n) is 5.66. The lowest BCUT2D eigenvalue weighted by molar-refractivity contribution is 0.173. The minimum atomic E-state index is -0.580. The van der Waals surface area contributed by atoms with Crippen LogP contribution in [0.5, 0.6) is 23.0 Å². The van der Waals surface area contributed by atoms with Gasteiger partial charge in [0.15, 0.2) is 23.0 Å². The molecule has 1 aliphatic rings. The summed E-state index contributed by atoms with van der Waals surface area (Å²) < 4.78 is 21.8. The SMILES string of the molecule is COc1ccc(CCN[C@@H]2CCC[C@@H]([C@@](C#N)(c3ccc(OC)c(OC)c3)C(C)C)C2)cc1OC. The molecule has 0 heterocycles. The molecule has 2 aromatic rings. The Morgan fingerprint density at radius 1 is 0.914 bits per heavy atom. The van der Waals surface area contributed by atoms with Gasteiger partial charge in [0.25, 0.3) is 0 Å². The summed E-state index contributed by atoms with van der Waals surface area (Å²) in [5.74, 6) is 3.29. The number of methoxy groups -OCH3 is 4. The summed E-state index contributed by atoms with van der Waals surface area (Å²) in [6.07, 6.45) is 5.18. The first kappa shape index (κ1) is 26.7. The molecule has 0 spiro atoms. The summed E-state index contributed by atoms with van der Waals surface area (Å²) in [5, 5.41) is 14.3. The molecule has 2 aromatic carbocycles. The van der Waals surface area contributed by atoms with Gasteiger partial charge < -0.3 is 24.3 Å². The van der Waals surface area contributed by atoms with E-state index in [4.69, 9.17) is 18.9 Å². The maximum atomic E-state index is 10.6. The van der Waals surface area contributed by atoms with E-state index in [2.05, 4.69) is 31.3 Å². The van der Waals surface area contributed by atoms with E-state index >= 15 is 0 Å². The predicted molar refractivity (Wildman–Crippen MR) is 139 cm³/mol. The zero-order valence-corrected chi connectivity index (χ0v) is 22.0. The second-order valence-corrected chi connectivity index (χ2v) is 9.66. The maximum Gasteiger partial charge on any atom is 0.161 e. The third kappa shape index (κ3) is 5.67. The fourth-order valence-corrected chi connectivity index (χ4v) is 5.66. The van der Waals surface area contributed by atoms with Crippen LogP contribution in [0.3, 0.4) is 0 Å². The first-order valence-electron chi connectivity index (χ1n) is 12.5. The molecule has 0 amide bonds. The Balaban J connectivity index is 1.73. The molecule has 0 bridgehead atoms. The molecule has 1 N–H and O–H groups in total. The standard InChI is InChI=1S/C29H40N2O4/c1-20(2)29(19-30,23-11-13-26(33-4)28(18-23)35-6)22-8-7-9-24(17-22)31-15-14-21-10-12-25(32-3)27(16-21)34-5/h10-13,16,18,20,22,24,31H,7-9,14-15,17H2,1-6H3/t22-,24-,29+/m1/s1. The summed E-state index contributed by atoms with van der Waals surface area (Å²) in [5.41, 5.74) is 1.65. The van der Waals surface area contributed by atoms with Gasteiger partial charge in [-0.3, -0.25) is 0 Å². The Morgan fingerprint density at radius 3 is 2.14 bits per heavy atom. The quantitative estimate of drug-likeness (QED) is 0.456. The van der Waals surface area contributed by atoms with Crippen molar-refractivity contribution < 1.29 is 18.9 Å². The summed E-state index contributed by atoms with van der Waals surface area (Å²) in [4.78, 5) is 0. The average Bonchev–Trinajstić information content (AvgIpc) is 2.89. The number of rotatable bonds is 11. The van der Waals surface area contributed by atoms with Crippen LogP contribution in [0, 0.1) is 23.2 Å². The number of nitrogens with zero attached hydrogens (tertiary/aromatic N) is 1. The molecule has 6 nitrogen and oxygen atoms in total. The number of benzene rings is 2. The zero-order chi connectivity index (χ0) is 25.4. The van der Waals surface area contributed by atoms with Gasteiger partial charge >= 0.3 is 0 Å². The predicted octanol–water partition coefficient (Wildman–Crippen LogP) is 5.53. The zero-order valence-electron chi connectivity index (χ0n) is 22.0. The van der Waals surface area contributed by atoms with Crippen molar-refractivity contribution in [3.63, 3.8) is 0 Å². The molecule has 1 aliphatic carbocycles. The van der Waals surface area contributed by atoms with Gasteiger partial charge in [0, 0.05) is 6.04 Å². The molecule has 0 radical (unpaired) electrons. The Kier molecular flexibility index (Phi) is 9.28.